The summed E-state index contributed by atoms with van der Waals surface area (Å²) in [5.41, 5.74) is 7.84. The van der Waals surface area contributed by atoms with Crippen LogP contribution in [0.4, 0.5) is 11.5 Å². The van der Waals surface area contributed by atoms with Crippen molar-refractivity contribution in [3.8, 4) is 11.3 Å². The Morgan fingerprint density at radius 3 is 2.54 bits per heavy atom. The fraction of sp³-hybridized carbons (Fsp3) is 0.103. The van der Waals surface area contributed by atoms with Crippen molar-refractivity contribution in [1.29, 1.82) is 0 Å². The lowest BCUT2D eigenvalue weighted by Crippen LogP contribution is -2.07. The van der Waals surface area contributed by atoms with Crippen LogP contribution in [0, 0.1) is 6.92 Å². The highest BCUT2D eigenvalue weighted by Crippen LogP contribution is 2.29. The fourth-order valence-electron chi connectivity index (χ4n) is 4.05. The average Bonchev–Trinajstić information content (AvgIpc) is 3.24. The number of benzene rings is 3. The van der Waals surface area contributed by atoms with Crippen molar-refractivity contribution in [2.45, 2.75) is 19.9 Å². The number of nitrogens with zero attached hydrogens (tertiary/aromatic N) is 3. The normalized spacial score (nSPS) is 10.9. The Labute approximate surface area is 210 Å². The molecule has 0 spiro atoms. The summed E-state index contributed by atoms with van der Waals surface area (Å²) in [6, 6.07) is 28.4. The molecule has 2 N–H and O–H groups in total. The van der Waals surface area contributed by atoms with E-state index in [1.807, 2.05) is 72.2 Å². The largest absolute Gasteiger partial charge is 0.366 e. The van der Waals surface area contributed by atoms with Gasteiger partial charge in [0.05, 0.1) is 11.9 Å². The topological polar surface area (TPSA) is 54.2 Å². The Balaban J connectivity index is 1.35. The van der Waals surface area contributed by atoms with Crippen LogP contribution in [0.1, 0.15) is 16.7 Å². The maximum atomic E-state index is 6.46. The molecule has 5 nitrogen and oxygen atoms in total. The molecule has 6 heteroatoms. The predicted molar refractivity (Wildman–Crippen MR) is 145 cm³/mol. The monoisotopic (exact) mass is 479 g/mol. The number of hydrogen-bond donors (Lipinski definition) is 2. The number of aromatic nitrogens is 3. The van der Waals surface area contributed by atoms with E-state index in [4.69, 9.17) is 16.6 Å². The van der Waals surface area contributed by atoms with Gasteiger partial charge in [-0.2, -0.15) is 9.61 Å². The number of rotatable bonds is 8. The second-order valence-electron chi connectivity index (χ2n) is 8.51. The first-order valence-corrected chi connectivity index (χ1v) is 11.9. The highest BCUT2D eigenvalue weighted by molar-refractivity contribution is 6.33. The van der Waals surface area contributed by atoms with E-state index < -0.39 is 0 Å². The summed E-state index contributed by atoms with van der Waals surface area (Å²) < 4.78 is 1.83. The van der Waals surface area contributed by atoms with E-state index in [0.29, 0.717) is 11.6 Å². The Bertz CT molecular complexity index is 1490. The molecule has 0 unspecified atom stereocenters. The van der Waals surface area contributed by atoms with E-state index in [1.54, 1.807) is 0 Å². The molecule has 2 heterocycles. The molecule has 0 amide bonds. The van der Waals surface area contributed by atoms with Crippen molar-refractivity contribution < 1.29 is 0 Å². The summed E-state index contributed by atoms with van der Waals surface area (Å²) in [4.78, 5) is 4.82. The van der Waals surface area contributed by atoms with E-state index in [9.17, 15) is 0 Å². The highest BCUT2D eigenvalue weighted by Gasteiger charge is 2.12. The SMILES string of the molecule is C=C(Cc1ccccc1)Nc1cccc(CNc2cc(-c3ccccc3Cl)nc3c(C)cnn23)c1. The third kappa shape index (κ3) is 5.20. The van der Waals surface area contributed by atoms with Crippen LogP contribution in [0.2, 0.25) is 5.02 Å². The molecule has 0 saturated heterocycles. The van der Waals surface area contributed by atoms with Gasteiger partial charge in [-0.25, -0.2) is 4.98 Å². The minimum absolute atomic E-state index is 0.626. The Hall–Kier alpha value is -4.09. The second kappa shape index (κ2) is 10.0. The molecule has 3 aromatic carbocycles. The number of nitrogens with one attached hydrogen (secondary N) is 2. The van der Waals surface area contributed by atoms with Crippen LogP contribution < -0.4 is 10.6 Å². The van der Waals surface area contributed by atoms with Gasteiger partial charge in [-0.1, -0.05) is 78.8 Å². The smallest absolute Gasteiger partial charge is 0.160 e. The Morgan fingerprint density at radius 1 is 0.943 bits per heavy atom. The zero-order chi connectivity index (χ0) is 24.2. The summed E-state index contributed by atoms with van der Waals surface area (Å²) in [5, 5.41) is 12.2. The van der Waals surface area contributed by atoms with Gasteiger partial charge in [0.2, 0.25) is 0 Å². The maximum absolute atomic E-state index is 6.46. The third-order valence-electron chi connectivity index (χ3n) is 5.78. The molecule has 0 radical (unpaired) electrons. The van der Waals surface area contributed by atoms with E-state index in [2.05, 4.69) is 52.6 Å². The van der Waals surface area contributed by atoms with Crippen LogP contribution in [0.5, 0.6) is 0 Å². The van der Waals surface area contributed by atoms with Crippen LogP contribution in [-0.2, 0) is 13.0 Å². The number of hydrogen-bond acceptors (Lipinski definition) is 4. The van der Waals surface area contributed by atoms with Crippen LogP contribution in [0.15, 0.2) is 103 Å². The zero-order valence-electron chi connectivity index (χ0n) is 19.5. The molecule has 35 heavy (non-hydrogen) atoms. The molecule has 0 aliphatic heterocycles. The van der Waals surface area contributed by atoms with Gasteiger partial charge in [0.25, 0.3) is 0 Å². The second-order valence-corrected chi connectivity index (χ2v) is 8.92. The number of fused-ring (bicyclic) bond motifs is 1. The lowest BCUT2D eigenvalue weighted by Gasteiger charge is -2.14. The number of halogens is 1. The van der Waals surface area contributed by atoms with Gasteiger partial charge in [0.1, 0.15) is 5.82 Å². The van der Waals surface area contributed by atoms with Crippen LogP contribution >= 0.6 is 11.6 Å². The Morgan fingerprint density at radius 2 is 1.71 bits per heavy atom. The summed E-state index contributed by atoms with van der Waals surface area (Å²) in [5.74, 6) is 0.852. The fourth-order valence-corrected chi connectivity index (χ4v) is 4.28. The Kier molecular flexibility index (Phi) is 6.51. The molecular formula is C29H26ClN5. The lowest BCUT2D eigenvalue weighted by atomic mass is 10.1. The van der Waals surface area contributed by atoms with Gasteiger partial charge in [-0.3, -0.25) is 0 Å². The number of aryl methyl sites for hydroxylation is 1. The molecule has 5 rings (SSSR count). The van der Waals surface area contributed by atoms with E-state index in [1.165, 1.54) is 5.56 Å². The first-order chi connectivity index (χ1) is 17.1. The van der Waals surface area contributed by atoms with Crippen molar-refractivity contribution >= 4 is 28.8 Å². The van der Waals surface area contributed by atoms with Gasteiger partial charge in [0, 0.05) is 46.6 Å². The maximum Gasteiger partial charge on any atom is 0.160 e. The highest BCUT2D eigenvalue weighted by atomic mass is 35.5. The van der Waals surface area contributed by atoms with Gasteiger partial charge in [0.15, 0.2) is 5.65 Å². The van der Waals surface area contributed by atoms with E-state index >= 15 is 0 Å². The number of allylic oxidation sites excluding steroid dienone is 1. The van der Waals surface area contributed by atoms with Gasteiger partial charge < -0.3 is 10.6 Å². The molecule has 0 aliphatic carbocycles. The number of anilines is 2. The van der Waals surface area contributed by atoms with Crippen molar-refractivity contribution in [3.05, 3.63) is 125 Å². The van der Waals surface area contributed by atoms with Crippen molar-refractivity contribution in [3.63, 3.8) is 0 Å². The third-order valence-corrected chi connectivity index (χ3v) is 6.11. The van der Waals surface area contributed by atoms with Crippen molar-refractivity contribution in [2.75, 3.05) is 10.6 Å². The first kappa shape index (κ1) is 22.7. The van der Waals surface area contributed by atoms with Crippen LogP contribution in [-0.4, -0.2) is 14.6 Å². The lowest BCUT2D eigenvalue weighted by molar-refractivity contribution is 0.927. The molecule has 0 bridgehead atoms. The van der Waals surface area contributed by atoms with Crippen molar-refractivity contribution in [2.24, 2.45) is 0 Å². The first-order valence-electron chi connectivity index (χ1n) is 11.5. The minimum atomic E-state index is 0.626. The van der Waals surface area contributed by atoms with Gasteiger partial charge >= 0.3 is 0 Å². The summed E-state index contributed by atoms with van der Waals surface area (Å²) >= 11 is 6.46. The standard InChI is InChI=1S/C29H26ClN5/c1-20-18-32-35-28(17-27(34-29(20)35)25-13-6-7-14-26(25)30)31-19-23-11-8-12-24(16-23)33-21(2)15-22-9-4-3-5-10-22/h3-14,16-18,31,33H,2,15,19H2,1H3. The molecule has 0 saturated carbocycles. The quantitative estimate of drug-likeness (QED) is 0.248. The summed E-state index contributed by atoms with van der Waals surface area (Å²) in [6.45, 7) is 6.83. The van der Waals surface area contributed by atoms with E-state index in [0.717, 1.165) is 51.7 Å². The van der Waals surface area contributed by atoms with E-state index in [-0.39, 0.29) is 0 Å². The minimum Gasteiger partial charge on any atom is -0.366 e. The van der Waals surface area contributed by atoms with Gasteiger partial charge in [-0.05, 0) is 36.2 Å². The molecular weight excluding hydrogens is 454 g/mol. The zero-order valence-corrected chi connectivity index (χ0v) is 20.3. The molecule has 5 aromatic rings. The molecule has 0 atom stereocenters. The van der Waals surface area contributed by atoms with Crippen LogP contribution in [0.25, 0.3) is 16.9 Å². The van der Waals surface area contributed by atoms with Crippen LogP contribution in [0.3, 0.4) is 0 Å². The molecule has 2 aromatic heterocycles. The molecule has 174 valence electrons. The summed E-state index contributed by atoms with van der Waals surface area (Å²) in [6.07, 6.45) is 2.61. The average molecular weight is 480 g/mol. The van der Waals surface area contributed by atoms with Crippen molar-refractivity contribution in [1.82, 2.24) is 14.6 Å². The summed E-state index contributed by atoms with van der Waals surface area (Å²) in [7, 11) is 0. The molecule has 0 fully saturated rings. The predicted octanol–water partition coefficient (Wildman–Crippen LogP) is 7.14. The molecule has 0 aliphatic rings. The van der Waals surface area contributed by atoms with Gasteiger partial charge in [-0.15, -0.1) is 0 Å².